The van der Waals surface area contributed by atoms with Crippen LogP contribution in [0.25, 0.3) is 0 Å². The lowest BCUT2D eigenvalue weighted by atomic mass is 9.97. The fraction of sp³-hybridized carbons (Fsp3) is 0.467. The summed E-state index contributed by atoms with van der Waals surface area (Å²) < 4.78 is 11.2. The third kappa shape index (κ3) is 4.14. The van der Waals surface area contributed by atoms with Gasteiger partial charge < -0.3 is 14.9 Å². The fourth-order valence-electron chi connectivity index (χ4n) is 1.65. The van der Waals surface area contributed by atoms with Crippen LogP contribution in [0.2, 0.25) is 0 Å². The van der Waals surface area contributed by atoms with Crippen LogP contribution in [0.3, 0.4) is 0 Å². The molecule has 0 saturated heterocycles. The van der Waals surface area contributed by atoms with Crippen molar-refractivity contribution in [1.82, 2.24) is 10.2 Å². The molecule has 0 atom stereocenters. The molecule has 0 bridgehead atoms. The number of nitrogen functional groups attached to an aromatic ring is 1. The molecule has 5 nitrogen and oxygen atoms in total. The number of ether oxygens (including phenoxy) is 1. The highest BCUT2D eigenvalue weighted by Gasteiger charge is 2.21. The Morgan fingerprint density at radius 3 is 2.67 bits per heavy atom. The molecule has 0 aliphatic carbocycles. The monoisotopic (exact) mass is 307 g/mol. The van der Waals surface area contributed by atoms with Crippen LogP contribution in [-0.4, -0.2) is 16.8 Å². The smallest absolute Gasteiger partial charge is 0.226 e. The Labute approximate surface area is 129 Å². The van der Waals surface area contributed by atoms with Crippen LogP contribution < -0.4 is 10.5 Å². The molecule has 0 saturated carbocycles. The summed E-state index contributed by atoms with van der Waals surface area (Å²) in [5.41, 5.74) is 6.57. The summed E-state index contributed by atoms with van der Waals surface area (Å²) >= 11 is 1.56. The Balaban J connectivity index is 2.06. The van der Waals surface area contributed by atoms with Crippen molar-refractivity contribution in [1.29, 1.82) is 0 Å². The highest BCUT2D eigenvalue weighted by Crippen LogP contribution is 2.32. The van der Waals surface area contributed by atoms with E-state index in [9.17, 15) is 0 Å². The van der Waals surface area contributed by atoms with Crippen LogP contribution in [0, 0.1) is 0 Å². The van der Waals surface area contributed by atoms with Gasteiger partial charge in [-0.2, -0.15) is 0 Å². The molecule has 2 rings (SSSR count). The van der Waals surface area contributed by atoms with E-state index in [0.29, 0.717) is 24.1 Å². The van der Waals surface area contributed by atoms with Crippen LogP contribution in [0.4, 0.5) is 5.69 Å². The van der Waals surface area contributed by atoms with Crippen LogP contribution in [0.5, 0.6) is 5.75 Å². The molecule has 0 unspecified atom stereocenters. The molecule has 2 N–H and O–H groups in total. The zero-order valence-electron chi connectivity index (χ0n) is 12.8. The van der Waals surface area contributed by atoms with Crippen molar-refractivity contribution in [2.24, 2.45) is 0 Å². The van der Waals surface area contributed by atoms with E-state index in [1.54, 1.807) is 11.8 Å². The van der Waals surface area contributed by atoms with E-state index >= 15 is 0 Å². The van der Waals surface area contributed by atoms with E-state index in [-0.39, 0.29) is 5.41 Å². The summed E-state index contributed by atoms with van der Waals surface area (Å²) in [6, 6.07) is 5.65. The van der Waals surface area contributed by atoms with Crippen molar-refractivity contribution in [3.8, 4) is 5.75 Å². The lowest BCUT2D eigenvalue weighted by Crippen LogP contribution is -2.11. The van der Waals surface area contributed by atoms with E-state index in [0.717, 1.165) is 16.3 Å². The first-order valence-electron chi connectivity index (χ1n) is 6.88. The topological polar surface area (TPSA) is 74.2 Å². The van der Waals surface area contributed by atoms with Crippen LogP contribution >= 0.6 is 11.8 Å². The van der Waals surface area contributed by atoms with Crippen molar-refractivity contribution in [2.45, 2.75) is 43.8 Å². The Bertz CT molecular complexity index is 605. The standard InChI is InChI=1S/C15H21N3O2S/c1-5-19-10-6-7-11(16)12(8-10)21-9-13-17-18-14(20-13)15(2,3)4/h6-8H,5,9,16H2,1-4H3. The molecule has 1 aromatic heterocycles. The van der Waals surface area contributed by atoms with Gasteiger partial charge in [0.15, 0.2) is 0 Å². The van der Waals surface area contributed by atoms with Gasteiger partial charge in [-0.15, -0.1) is 22.0 Å². The van der Waals surface area contributed by atoms with Gasteiger partial charge in [0, 0.05) is 16.0 Å². The summed E-state index contributed by atoms with van der Waals surface area (Å²) in [6.07, 6.45) is 0. The number of thioether (sulfide) groups is 1. The summed E-state index contributed by atoms with van der Waals surface area (Å²) in [5.74, 6) is 2.65. The largest absolute Gasteiger partial charge is 0.494 e. The number of hydrogen-bond donors (Lipinski definition) is 1. The van der Waals surface area contributed by atoms with Crippen molar-refractivity contribution in [2.75, 3.05) is 12.3 Å². The second-order valence-corrected chi connectivity index (χ2v) is 6.69. The van der Waals surface area contributed by atoms with Gasteiger partial charge in [0.05, 0.1) is 12.4 Å². The van der Waals surface area contributed by atoms with Crippen molar-refractivity contribution in [3.63, 3.8) is 0 Å². The van der Waals surface area contributed by atoms with Crippen molar-refractivity contribution >= 4 is 17.4 Å². The maximum atomic E-state index is 5.98. The molecular weight excluding hydrogens is 286 g/mol. The van der Waals surface area contributed by atoms with E-state index in [1.165, 1.54) is 0 Å². The first kappa shape index (κ1) is 15.7. The molecule has 114 valence electrons. The lowest BCUT2D eigenvalue weighted by molar-refractivity contribution is 0.339. The van der Waals surface area contributed by atoms with Gasteiger partial charge in [-0.3, -0.25) is 0 Å². The summed E-state index contributed by atoms with van der Waals surface area (Å²) in [7, 11) is 0. The van der Waals surface area contributed by atoms with Crippen LogP contribution in [-0.2, 0) is 11.2 Å². The first-order chi connectivity index (χ1) is 9.90. The normalized spacial score (nSPS) is 11.6. The zero-order valence-corrected chi connectivity index (χ0v) is 13.7. The molecule has 2 aromatic rings. The molecule has 0 radical (unpaired) electrons. The second kappa shape index (κ2) is 6.39. The van der Waals surface area contributed by atoms with E-state index in [2.05, 4.69) is 10.2 Å². The maximum absolute atomic E-state index is 5.98. The minimum atomic E-state index is -0.135. The number of aromatic nitrogens is 2. The zero-order chi connectivity index (χ0) is 15.5. The molecule has 1 heterocycles. The summed E-state index contributed by atoms with van der Waals surface area (Å²) in [4.78, 5) is 0.955. The number of nitrogens with two attached hydrogens (primary N) is 1. The quantitative estimate of drug-likeness (QED) is 0.671. The minimum absolute atomic E-state index is 0.135. The molecule has 0 aliphatic rings. The third-order valence-corrected chi connectivity index (χ3v) is 3.81. The number of anilines is 1. The van der Waals surface area contributed by atoms with E-state index in [1.807, 2.05) is 45.9 Å². The average molecular weight is 307 g/mol. The predicted molar refractivity (Wildman–Crippen MR) is 84.6 cm³/mol. The Morgan fingerprint density at radius 1 is 1.29 bits per heavy atom. The van der Waals surface area contributed by atoms with E-state index < -0.39 is 0 Å². The third-order valence-electron chi connectivity index (χ3n) is 2.76. The number of nitrogens with zero attached hydrogens (tertiary/aromatic N) is 2. The lowest BCUT2D eigenvalue weighted by Gasteiger charge is -2.11. The molecule has 0 spiro atoms. The fourth-order valence-corrected chi connectivity index (χ4v) is 2.48. The summed E-state index contributed by atoms with van der Waals surface area (Å²) in [5, 5.41) is 8.16. The first-order valence-corrected chi connectivity index (χ1v) is 7.86. The number of hydrogen-bond acceptors (Lipinski definition) is 6. The van der Waals surface area contributed by atoms with Gasteiger partial charge >= 0.3 is 0 Å². The van der Waals surface area contributed by atoms with Gasteiger partial charge in [0.2, 0.25) is 11.8 Å². The van der Waals surface area contributed by atoms with Gasteiger partial charge in [0.1, 0.15) is 5.75 Å². The van der Waals surface area contributed by atoms with Gasteiger partial charge in [-0.05, 0) is 25.1 Å². The Morgan fingerprint density at radius 2 is 2.05 bits per heavy atom. The average Bonchev–Trinajstić information content (AvgIpc) is 2.88. The minimum Gasteiger partial charge on any atom is -0.494 e. The van der Waals surface area contributed by atoms with Crippen molar-refractivity contribution < 1.29 is 9.15 Å². The highest BCUT2D eigenvalue weighted by atomic mass is 32.2. The van der Waals surface area contributed by atoms with Gasteiger partial charge in [-0.25, -0.2) is 0 Å². The SMILES string of the molecule is CCOc1ccc(N)c(SCc2nnc(C(C)(C)C)o2)c1. The summed E-state index contributed by atoms with van der Waals surface area (Å²) in [6.45, 7) is 8.71. The van der Waals surface area contributed by atoms with Crippen molar-refractivity contribution in [3.05, 3.63) is 30.0 Å². The Hall–Kier alpha value is -1.69. The van der Waals surface area contributed by atoms with Crippen LogP contribution in [0.15, 0.2) is 27.5 Å². The van der Waals surface area contributed by atoms with Crippen LogP contribution in [0.1, 0.15) is 39.5 Å². The Kier molecular flexibility index (Phi) is 4.77. The number of benzene rings is 1. The second-order valence-electron chi connectivity index (χ2n) is 5.67. The molecule has 21 heavy (non-hydrogen) atoms. The molecular formula is C15H21N3O2S. The number of rotatable bonds is 5. The van der Waals surface area contributed by atoms with Gasteiger partial charge in [-0.1, -0.05) is 20.8 Å². The maximum Gasteiger partial charge on any atom is 0.226 e. The predicted octanol–water partition coefficient (Wildman–Crippen LogP) is 3.64. The molecule has 0 amide bonds. The molecule has 0 fully saturated rings. The van der Waals surface area contributed by atoms with Gasteiger partial charge in [0.25, 0.3) is 0 Å². The molecule has 6 heteroatoms. The molecule has 0 aliphatic heterocycles. The molecule has 1 aromatic carbocycles. The van der Waals surface area contributed by atoms with E-state index in [4.69, 9.17) is 14.9 Å². The highest BCUT2D eigenvalue weighted by molar-refractivity contribution is 7.98.